The Morgan fingerprint density at radius 1 is 1.37 bits per heavy atom. The van der Waals surface area contributed by atoms with Gasteiger partial charge < -0.3 is 13.9 Å². The summed E-state index contributed by atoms with van der Waals surface area (Å²) in [6.45, 7) is 3.26. The van der Waals surface area contributed by atoms with Crippen LogP contribution in [0.2, 0.25) is 5.15 Å². The number of carbonyl (C=O) groups excluding carboxylic acids is 1. The highest BCUT2D eigenvalue weighted by atomic mass is 35.5. The summed E-state index contributed by atoms with van der Waals surface area (Å²) in [4.78, 5) is 15.4. The Labute approximate surface area is 164 Å². The molecule has 0 aromatic carbocycles. The van der Waals surface area contributed by atoms with E-state index in [0.717, 1.165) is 35.7 Å². The number of piperidine rings is 1. The van der Waals surface area contributed by atoms with Crippen molar-refractivity contribution in [1.82, 2.24) is 24.8 Å². The van der Waals surface area contributed by atoms with E-state index >= 15 is 0 Å². The van der Waals surface area contributed by atoms with Gasteiger partial charge in [0, 0.05) is 44.0 Å². The van der Waals surface area contributed by atoms with E-state index in [1.54, 1.807) is 6.07 Å². The maximum atomic E-state index is 12.6. The molecule has 0 spiro atoms. The lowest BCUT2D eigenvalue weighted by atomic mass is 9.93. The van der Waals surface area contributed by atoms with Gasteiger partial charge in [-0.25, -0.2) is 0 Å². The van der Waals surface area contributed by atoms with Crippen molar-refractivity contribution in [3.8, 4) is 10.6 Å². The van der Waals surface area contributed by atoms with E-state index < -0.39 is 0 Å². The molecule has 0 radical (unpaired) electrons. The first-order valence-electron chi connectivity index (χ1n) is 8.75. The van der Waals surface area contributed by atoms with Crippen molar-refractivity contribution in [1.29, 1.82) is 0 Å². The van der Waals surface area contributed by atoms with Crippen LogP contribution in [0, 0.1) is 6.92 Å². The van der Waals surface area contributed by atoms with Crippen LogP contribution < -0.4 is 0 Å². The van der Waals surface area contributed by atoms with Crippen molar-refractivity contribution >= 4 is 29.0 Å². The first-order chi connectivity index (χ1) is 13.1. The second-order valence-corrected chi connectivity index (χ2v) is 7.76. The van der Waals surface area contributed by atoms with Gasteiger partial charge in [-0.15, -0.1) is 5.10 Å². The maximum Gasteiger partial charge on any atom is 0.223 e. The molecular formula is C17H18ClN5O3S. The molecule has 27 heavy (non-hydrogen) atoms. The molecule has 142 valence electrons. The number of hydrogen-bond acceptors (Lipinski definition) is 8. The summed E-state index contributed by atoms with van der Waals surface area (Å²) in [5.74, 6) is 1.53. The van der Waals surface area contributed by atoms with Gasteiger partial charge in [0.25, 0.3) is 0 Å². The van der Waals surface area contributed by atoms with Crippen molar-refractivity contribution in [3.05, 3.63) is 34.4 Å². The summed E-state index contributed by atoms with van der Waals surface area (Å²) in [6.07, 6.45) is 2.74. The molecule has 1 amide bonds. The second-order valence-electron chi connectivity index (χ2n) is 6.61. The average molecular weight is 408 g/mol. The van der Waals surface area contributed by atoms with Crippen molar-refractivity contribution in [2.45, 2.75) is 38.5 Å². The normalized spacial score (nSPS) is 17.4. The zero-order valence-electron chi connectivity index (χ0n) is 14.7. The molecule has 3 aromatic heterocycles. The number of aromatic nitrogens is 4. The predicted octanol–water partition coefficient (Wildman–Crippen LogP) is 3.48. The Morgan fingerprint density at radius 3 is 3.00 bits per heavy atom. The summed E-state index contributed by atoms with van der Waals surface area (Å²) in [5.41, 5.74) is 1.70. The molecular weight excluding hydrogens is 390 g/mol. The minimum atomic E-state index is 0.0903. The quantitative estimate of drug-likeness (QED) is 0.638. The molecule has 1 aliphatic rings. The standard InChI is InChI=1S/C17H18ClN5O3S/c1-10-7-13(26-20-10)17-16(19-22-27-17)11-3-2-6-23(9-11)15(24)5-4-12-8-14(18)21-25-12/h7-8,11H,2-6,9H2,1H3/t11-/m0/s1. The minimum Gasteiger partial charge on any atom is -0.360 e. The van der Waals surface area contributed by atoms with E-state index in [2.05, 4.69) is 19.9 Å². The van der Waals surface area contributed by atoms with Gasteiger partial charge in [0.05, 0.1) is 11.4 Å². The molecule has 4 heterocycles. The van der Waals surface area contributed by atoms with Crippen LogP contribution in [0.1, 0.15) is 42.3 Å². The molecule has 0 bridgehead atoms. The van der Waals surface area contributed by atoms with Crippen molar-refractivity contribution in [3.63, 3.8) is 0 Å². The van der Waals surface area contributed by atoms with Crippen LogP contribution in [0.4, 0.5) is 0 Å². The summed E-state index contributed by atoms with van der Waals surface area (Å²) in [6, 6.07) is 3.52. The second kappa shape index (κ2) is 7.77. The number of hydrogen-bond donors (Lipinski definition) is 0. The van der Waals surface area contributed by atoms with E-state index in [4.69, 9.17) is 20.6 Å². The van der Waals surface area contributed by atoms with Crippen LogP contribution >= 0.6 is 23.1 Å². The third-order valence-corrected chi connectivity index (χ3v) is 5.58. The number of rotatable bonds is 5. The highest BCUT2D eigenvalue weighted by Crippen LogP contribution is 2.35. The molecule has 1 saturated heterocycles. The maximum absolute atomic E-state index is 12.6. The highest BCUT2D eigenvalue weighted by molar-refractivity contribution is 7.09. The zero-order chi connectivity index (χ0) is 18.8. The van der Waals surface area contributed by atoms with Crippen LogP contribution in [0.5, 0.6) is 0 Å². The number of halogens is 1. The van der Waals surface area contributed by atoms with Gasteiger partial charge in [0.15, 0.2) is 10.9 Å². The fourth-order valence-electron chi connectivity index (χ4n) is 3.33. The smallest absolute Gasteiger partial charge is 0.223 e. The van der Waals surface area contributed by atoms with E-state index in [1.807, 2.05) is 17.9 Å². The lowest BCUT2D eigenvalue weighted by molar-refractivity contribution is -0.132. The topological polar surface area (TPSA) is 98.2 Å². The molecule has 0 saturated carbocycles. The summed E-state index contributed by atoms with van der Waals surface area (Å²) < 4.78 is 14.5. The third kappa shape index (κ3) is 4.03. The lowest BCUT2D eigenvalue weighted by Gasteiger charge is -2.32. The molecule has 3 aromatic rings. The molecule has 10 heteroatoms. The van der Waals surface area contributed by atoms with Crippen LogP contribution in [-0.2, 0) is 11.2 Å². The Kier molecular flexibility index (Phi) is 5.22. The number of aryl methyl sites for hydroxylation is 2. The van der Waals surface area contributed by atoms with E-state index in [9.17, 15) is 4.79 Å². The summed E-state index contributed by atoms with van der Waals surface area (Å²) in [5, 5.41) is 12.2. The van der Waals surface area contributed by atoms with Crippen LogP contribution in [0.3, 0.4) is 0 Å². The molecule has 1 atom stereocenters. The Hall–Kier alpha value is -2.26. The molecule has 1 aliphatic heterocycles. The van der Waals surface area contributed by atoms with Crippen LogP contribution in [0.25, 0.3) is 10.6 Å². The number of likely N-dealkylation sites (tertiary alicyclic amines) is 1. The molecule has 8 nitrogen and oxygen atoms in total. The van der Waals surface area contributed by atoms with Gasteiger partial charge in [0.1, 0.15) is 10.6 Å². The largest absolute Gasteiger partial charge is 0.360 e. The zero-order valence-corrected chi connectivity index (χ0v) is 16.3. The molecule has 0 N–H and O–H groups in total. The van der Waals surface area contributed by atoms with Crippen LogP contribution in [-0.4, -0.2) is 43.8 Å². The van der Waals surface area contributed by atoms with E-state index in [0.29, 0.717) is 36.1 Å². The summed E-state index contributed by atoms with van der Waals surface area (Å²) >= 11 is 7.04. The van der Waals surface area contributed by atoms with Crippen molar-refractivity contribution in [2.24, 2.45) is 0 Å². The predicted molar refractivity (Wildman–Crippen MR) is 98.5 cm³/mol. The molecule has 4 rings (SSSR count). The number of nitrogens with zero attached hydrogens (tertiary/aromatic N) is 5. The Morgan fingerprint density at radius 2 is 2.26 bits per heavy atom. The molecule has 0 unspecified atom stereocenters. The lowest BCUT2D eigenvalue weighted by Crippen LogP contribution is -2.39. The average Bonchev–Trinajstić information content (AvgIpc) is 3.40. The third-order valence-electron chi connectivity index (χ3n) is 4.64. The van der Waals surface area contributed by atoms with Gasteiger partial charge in [-0.05, 0) is 31.3 Å². The highest BCUT2D eigenvalue weighted by Gasteiger charge is 2.29. The van der Waals surface area contributed by atoms with Gasteiger partial charge in [-0.1, -0.05) is 26.4 Å². The fraction of sp³-hybridized carbons (Fsp3) is 0.471. The van der Waals surface area contributed by atoms with Crippen molar-refractivity contribution in [2.75, 3.05) is 13.1 Å². The fourth-order valence-corrected chi connectivity index (χ4v) is 4.18. The molecule has 0 aliphatic carbocycles. The van der Waals surface area contributed by atoms with E-state index in [1.165, 1.54) is 11.5 Å². The Balaban J connectivity index is 1.42. The molecule has 1 fully saturated rings. The number of amides is 1. The van der Waals surface area contributed by atoms with Crippen LogP contribution in [0.15, 0.2) is 21.2 Å². The minimum absolute atomic E-state index is 0.0903. The van der Waals surface area contributed by atoms with Gasteiger partial charge in [-0.2, -0.15) is 0 Å². The van der Waals surface area contributed by atoms with Crippen molar-refractivity contribution < 1.29 is 13.8 Å². The SMILES string of the molecule is Cc1cc(-c2snnc2[C@H]2CCCN(C(=O)CCc3cc(Cl)no3)C2)on1. The Bertz CT molecular complexity index is 937. The number of carbonyl (C=O) groups is 1. The van der Waals surface area contributed by atoms with Gasteiger partial charge >= 0.3 is 0 Å². The summed E-state index contributed by atoms with van der Waals surface area (Å²) in [7, 11) is 0. The monoisotopic (exact) mass is 407 g/mol. The van der Waals surface area contributed by atoms with Gasteiger partial charge in [-0.3, -0.25) is 4.79 Å². The first-order valence-corrected chi connectivity index (χ1v) is 9.90. The first kappa shape index (κ1) is 18.1. The van der Waals surface area contributed by atoms with Gasteiger partial charge in [0.2, 0.25) is 5.91 Å². The van der Waals surface area contributed by atoms with E-state index in [-0.39, 0.29) is 11.8 Å².